The fraction of sp³-hybridized carbons (Fsp3) is 1.00. The Kier molecular flexibility index (Phi) is 6.84. The van der Waals surface area contributed by atoms with Gasteiger partial charge in [0.25, 0.3) is 0 Å². The number of thioether (sulfide) groups is 1. The van der Waals surface area contributed by atoms with Crippen molar-refractivity contribution in [2.24, 2.45) is 0 Å². The molecular weight excluding hydrogens is 304 g/mol. The molecule has 0 aromatic rings. The Hall–Kier alpha value is 0.220. The van der Waals surface area contributed by atoms with Crippen LogP contribution in [-0.2, 0) is 10.0 Å². The predicted molar refractivity (Wildman–Crippen MR) is 91.4 cm³/mol. The van der Waals surface area contributed by atoms with Crippen molar-refractivity contribution in [1.29, 1.82) is 0 Å². The summed E-state index contributed by atoms with van der Waals surface area (Å²) in [5, 5.41) is 4.56. The topological polar surface area (TPSA) is 49.4 Å². The van der Waals surface area contributed by atoms with Gasteiger partial charge in [-0.05, 0) is 38.4 Å². The summed E-state index contributed by atoms with van der Waals surface area (Å²) in [5.41, 5.74) is 0. The Morgan fingerprint density at radius 1 is 1.14 bits per heavy atom. The van der Waals surface area contributed by atoms with Crippen molar-refractivity contribution in [1.82, 2.24) is 9.62 Å². The minimum Gasteiger partial charge on any atom is -0.310 e. The molecule has 6 heteroatoms. The molecule has 2 fully saturated rings. The molecule has 124 valence electrons. The van der Waals surface area contributed by atoms with Crippen LogP contribution >= 0.6 is 11.8 Å². The van der Waals surface area contributed by atoms with Gasteiger partial charge >= 0.3 is 0 Å². The van der Waals surface area contributed by atoms with Crippen molar-refractivity contribution in [2.45, 2.75) is 69.2 Å². The van der Waals surface area contributed by atoms with Gasteiger partial charge < -0.3 is 5.32 Å². The maximum atomic E-state index is 12.1. The summed E-state index contributed by atoms with van der Waals surface area (Å²) >= 11 is 1.99. The lowest BCUT2D eigenvalue weighted by atomic mass is 9.93. The van der Waals surface area contributed by atoms with Crippen LogP contribution in [0.15, 0.2) is 0 Å². The second-order valence-corrected chi connectivity index (χ2v) is 9.49. The van der Waals surface area contributed by atoms with Crippen molar-refractivity contribution < 1.29 is 8.42 Å². The zero-order valence-electron chi connectivity index (χ0n) is 13.4. The van der Waals surface area contributed by atoms with E-state index in [1.165, 1.54) is 25.7 Å². The van der Waals surface area contributed by atoms with E-state index < -0.39 is 10.0 Å². The highest BCUT2D eigenvalue weighted by atomic mass is 32.2. The summed E-state index contributed by atoms with van der Waals surface area (Å²) in [6, 6.07) is 1.12. The Labute approximate surface area is 134 Å². The Morgan fingerprint density at radius 3 is 2.43 bits per heavy atom. The van der Waals surface area contributed by atoms with E-state index in [0.29, 0.717) is 37.3 Å². The van der Waals surface area contributed by atoms with Crippen LogP contribution in [0.25, 0.3) is 0 Å². The molecule has 0 bridgehead atoms. The molecule has 0 radical (unpaired) electrons. The van der Waals surface area contributed by atoms with Gasteiger partial charge in [0.1, 0.15) is 0 Å². The number of hydrogen-bond donors (Lipinski definition) is 1. The van der Waals surface area contributed by atoms with Gasteiger partial charge in [0.2, 0.25) is 10.0 Å². The monoisotopic (exact) mass is 334 g/mol. The smallest absolute Gasteiger partial charge is 0.214 e. The van der Waals surface area contributed by atoms with E-state index in [0.717, 1.165) is 18.1 Å². The van der Waals surface area contributed by atoms with E-state index in [1.54, 1.807) is 4.31 Å². The normalized spacial score (nSPS) is 29.6. The molecule has 1 N–H and O–H groups in total. The minimum atomic E-state index is -3.00. The van der Waals surface area contributed by atoms with Crippen LogP contribution < -0.4 is 5.32 Å². The maximum absolute atomic E-state index is 12.1. The Balaban J connectivity index is 1.81. The first-order chi connectivity index (χ1) is 10.1. The SMILES string of the molecule is CCCS(=O)(=O)N1CCC(N[C@H]2CCCC[C@@H]2SC)CC1. The standard InChI is InChI=1S/C15H30N2O2S2/c1-3-12-21(18,19)17-10-8-13(9-11-17)16-14-6-4-5-7-15(14)20-2/h13-16H,3-12H2,1-2H3/t14-,15-/m0/s1. The van der Waals surface area contributed by atoms with Gasteiger partial charge in [-0.15, -0.1) is 0 Å². The van der Waals surface area contributed by atoms with Crippen molar-refractivity contribution in [3.05, 3.63) is 0 Å². The third-order valence-corrected chi connectivity index (χ3v) is 8.01. The average Bonchev–Trinajstić information content (AvgIpc) is 2.48. The number of nitrogens with zero attached hydrogens (tertiary/aromatic N) is 1. The van der Waals surface area contributed by atoms with Crippen LogP contribution in [0.1, 0.15) is 51.9 Å². The van der Waals surface area contributed by atoms with Gasteiger partial charge in [0.15, 0.2) is 0 Å². The molecule has 1 saturated heterocycles. The summed E-state index contributed by atoms with van der Waals surface area (Å²) in [7, 11) is -3.00. The Bertz CT molecular complexity index is 406. The van der Waals surface area contributed by atoms with Gasteiger partial charge in [-0.25, -0.2) is 12.7 Å². The van der Waals surface area contributed by atoms with Crippen LogP contribution in [0.4, 0.5) is 0 Å². The molecule has 1 aliphatic heterocycles. The predicted octanol–water partition coefficient (Wildman–Crippen LogP) is 2.45. The van der Waals surface area contributed by atoms with Gasteiger partial charge in [-0.3, -0.25) is 0 Å². The molecule has 0 aromatic carbocycles. The third-order valence-electron chi connectivity index (χ3n) is 4.76. The molecule has 21 heavy (non-hydrogen) atoms. The fourth-order valence-corrected chi connectivity index (χ4v) is 6.05. The first-order valence-corrected chi connectivity index (χ1v) is 11.2. The molecule has 1 aliphatic carbocycles. The summed E-state index contributed by atoms with van der Waals surface area (Å²) in [5.74, 6) is 0.294. The van der Waals surface area contributed by atoms with Crippen LogP contribution in [0.2, 0.25) is 0 Å². The van der Waals surface area contributed by atoms with E-state index in [-0.39, 0.29) is 0 Å². The number of rotatable bonds is 6. The highest BCUT2D eigenvalue weighted by Crippen LogP contribution is 2.28. The first-order valence-electron chi connectivity index (χ1n) is 8.33. The number of nitrogens with one attached hydrogen (secondary N) is 1. The summed E-state index contributed by atoms with van der Waals surface area (Å²) in [6.45, 7) is 3.31. The maximum Gasteiger partial charge on any atom is 0.214 e. The minimum absolute atomic E-state index is 0.294. The Morgan fingerprint density at radius 2 is 1.81 bits per heavy atom. The lowest BCUT2D eigenvalue weighted by molar-refractivity contribution is 0.255. The van der Waals surface area contributed by atoms with Gasteiger partial charge in [0.05, 0.1) is 5.75 Å². The molecule has 1 saturated carbocycles. The van der Waals surface area contributed by atoms with E-state index >= 15 is 0 Å². The average molecular weight is 335 g/mol. The molecule has 0 aromatic heterocycles. The zero-order valence-corrected chi connectivity index (χ0v) is 15.0. The highest BCUT2D eigenvalue weighted by Gasteiger charge is 2.31. The van der Waals surface area contributed by atoms with E-state index in [2.05, 4.69) is 11.6 Å². The second kappa shape index (κ2) is 8.18. The number of sulfonamides is 1. The quantitative estimate of drug-likeness (QED) is 0.810. The van der Waals surface area contributed by atoms with Crippen LogP contribution in [0.3, 0.4) is 0 Å². The summed E-state index contributed by atoms with van der Waals surface area (Å²) in [6.07, 6.45) is 10.1. The van der Waals surface area contributed by atoms with E-state index in [9.17, 15) is 8.42 Å². The first kappa shape index (κ1) is 17.6. The number of hydrogen-bond acceptors (Lipinski definition) is 4. The molecule has 2 atom stereocenters. The molecular formula is C15H30N2O2S2. The van der Waals surface area contributed by atoms with Gasteiger partial charge in [-0.1, -0.05) is 19.8 Å². The number of piperidine rings is 1. The molecule has 0 amide bonds. The fourth-order valence-electron chi connectivity index (χ4n) is 3.56. The third kappa shape index (κ3) is 4.85. The van der Waals surface area contributed by atoms with Crippen LogP contribution in [0, 0.1) is 0 Å². The van der Waals surface area contributed by atoms with Gasteiger partial charge in [0, 0.05) is 30.4 Å². The van der Waals surface area contributed by atoms with Crippen molar-refractivity contribution in [3.63, 3.8) is 0 Å². The van der Waals surface area contributed by atoms with Crippen molar-refractivity contribution in [3.8, 4) is 0 Å². The van der Waals surface area contributed by atoms with E-state index in [1.807, 2.05) is 18.7 Å². The van der Waals surface area contributed by atoms with Gasteiger partial charge in [-0.2, -0.15) is 11.8 Å². The molecule has 2 aliphatic rings. The summed E-state index contributed by atoms with van der Waals surface area (Å²) in [4.78, 5) is 0. The molecule has 2 rings (SSSR count). The lowest BCUT2D eigenvalue weighted by Crippen LogP contribution is -2.51. The molecule has 4 nitrogen and oxygen atoms in total. The molecule has 0 spiro atoms. The molecule has 0 unspecified atom stereocenters. The second-order valence-electron chi connectivity index (χ2n) is 6.32. The van der Waals surface area contributed by atoms with Crippen LogP contribution in [-0.4, -0.2) is 55.2 Å². The lowest BCUT2D eigenvalue weighted by Gasteiger charge is -2.37. The van der Waals surface area contributed by atoms with E-state index in [4.69, 9.17) is 0 Å². The zero-order chi connectivity index (χ0) is 15.3. The van der Waals surface area contributed by atoms with Crippen molar-refractivity contribution in [2.75, 3.05) is 25.1 Å². The molecule has 1 heterocycles. The highest BCUT2D eigenvalue weighted by molar-refractivity contribution is 7.99. The van der Waals surface area contributed by atoms with Crippen LogP contribution in [0.5, 0.6) is 0 Å². The van der Waals surface area contributed by atoms with Crippen molar-refractivity contribution >= 4 is 21.8 Å². The summed E-state index contributed by atoms with van der Waals surface area (Å²) < 4.78 is 25.9. The largest absolute Gasteiger partial charge is 0.310 e.